The third-order valence-corrected chi connectivity index (χ3v) is 5.98. The molecule has 5 aromatic rings. The lowest BCUT2D eigenvalue weighted by molar-refractivity contribution is 0.198. The van der Waals surface area contributed by atoms with Gasteiger partial charge in [-0.3, -0.25) is 4.57 Å². The maximum absolute atomic E-state index is 14.0. The van der Waals surface area contributed by atoms with Crippen LogP contribution >= 0.6 is 0 Å². The first-order valence-corrected chi connectivity index (χ1v) is 11.8. The lowest BCUT2D eigenvalue weighted by atomic mass is 10.1. The minimum atomic E-state index is -1.21. The molecule has 2 unspecified atom stereocenters. The molecule has 0 fully saturated rings. The zero-order chi connectivity index (χ0) is 25.4. The van der Waals surface area contributed by atoms with Gasteiger partial charge in [0.05, 0.1) is 28.5 Å². The monoisotopic (exact) mass is 486 g/mol. The molecule has 0 spiro atoms. The molecule has 0 radical (unpaired) electrons. The third-order valence-electron chi connectivity index (χ3n) is 5.98. The Morgan fingerprint density at radius 3 is 2.58 bits per heavy atom. The predicted molar refractivity (Wildman–Crippen MR) is 136 cm³/mol. The maximum atomic E-state index is 14.0. The second kappa shape index (κ2) is 9.46. The molecule has 0 amide bonds. The zero-order valence-corrected chi connectivity index (χ0v) is 20.5. The van der Waals surface area contributed by atoms with Crippen LogP contribution < -0.4 is 5.32 Å². The highest BCUT2D eigenvalue weighted by atomic mass is 19.1. The molecule has 36 heavy (non-hydrogen) atoms. The van der Waals surface area contributed by atoms with Crippen LogP contribution in [0.2, 0.25) is 0 Å². The molecule has 0 bridgehead atoms. The second-order valence-corrected chi connectivity index (χ2v) is 8.70. The Morgan fingerprint density at radius 1 is 1.06 bits per heavy atom. The van der Waals surface area contributed by atoms with E-state index in [0.717, 1.165) is 28.1 Å². The lowest BCUT2D eigenvalue weighted by Gasteiger charge is -2.15. The number of nitrogens with zero attached hydrogens (tertiary/aromatic N) is 7. The van der Waals surface area contributed by atoms with Crippen molar-refractivity contribution in [1.29, 1.82) is 0 Å². The Bertz CT molecular complexity index is 1520. The molecule has 4 heterocycles. The highest BCUT2D eigenvalue weighted by Crippen LogP contribution is 2.28. The quantitative estimate of drug-likeness (QED) is 0.330. The molecule has 0 aliphatic carbocycles. The fourth-order valence-corrected chi connectivity index (χ4v) is 4.04. The van der Waals surface area contributed by atoms with Crippen molar-refractivity contribution in [2.24, 2.45) is 0 Å². The van der Waals surface area contributed by atoms with Crippen LogP contribution in [0.15, 0.2) is 54.9 Å². The molecule has 0 saturated carbocycles. The lowest BCUT2D eigenvalue weighted by Crippen LogP contribution is -2.12. The van der Waals surface area contributed by atoms with E-state index in [4.69, 9.17) is 4.98 Å². The van der Waals surface area contributed by atoms with Gasteiger partial charge in [-0.1, -0.05) is 6.92 Å². The van der Waals surface area contributed by atoms with Crippen molar-refractivity contribution in [2.75, 3.05) is 5.32 Å². The van der Waals surface area contributed by atoms with Crippen molar-refractivity contribution >= 4 is 22.5 Å². The number of nitrogens with one attached hydrogen (secondary N) is 1. The van der Waals surface area contributed by atoms with Crippen LogP contribution in [-0.2, 0) is 6.42 Å². The molecule has 1 aromatic carbocycles. The van der Waals surface area contributed by atoms with Crippen LogP contribution in [0.4, 0.5) is 15.9 Å². The maximum Gasteiger partial charge on any atom is 0.161 e. The van der Waals surface area contributed by atoms with Crippen LogP contribution in [0, 0.1) is 6.92 Å². The second-order valence-electron chi connectivity index (χ2n) is 8.70. The number of hydrogen-bond donors (Lipinski definition) is 2. The molecule has 5 rings (SSSR count). The molecular weight excluding hydrogens is 459 g/mol. The van der Waals surface area contributed by atoms with Gasteiger partial charge in [-0.05, 0) is 75.7 Å². The Hall–Kier alpha value is -4.18. The summed E-state index contributed by atoms with van der Waals surface area (Å²) in [6.07, 6.45) is 0.355. The number of aryl methyl sites for hydroxylation is 2. The Morgan fingerprint density at radius 2 is 1.89 bits per heavy atom. The molecular formula is C26H27FN8O. The summed E-state index contributed by atoms with van der Waals surface area (Å²) < 4.78 is 17.5. The third kappa shape index (κ3) is 4.42. The number of pyridine rings is 1. The average Bonchev–Trinajstić information content (AvgIpc) is 3.49. The van der Waals surface area contributed by atoms with Crippen molar-refractivity contribution in [3.63, 3.8) is 0 Å². The van der Waals surface area contributed by atoms with Gasteiger partial charge in [-0.2, -0.15) is 10.2 Å². The van der Waals surface area contributed by atoms with Crippen molar-refractivity contribution in [3.8, 4) is 11.6 Å². The Labute approximate surface area is 207 Å². The number of aliphatic hydroxyl groups excluding tert-OH is 1. The van der Waals surface area contributed by atoms with Gasteiger partial charge in [0.25, 0.3) is 0 Å². The summed E-state index contributed by atoms with van der Waals surface area (Å²) >= 11 is 0. The van der Waals surface area contributed by atoms with Gasteiger partial charge in [0.2, 0.25) is 0 Å². The fraction of sp³-hybridized carbons (Fsp3) is 0.269. The van der Waals surface area contributed by atoms with Gasteiger partial charge in [-0.25, -0.2) is 19.0 Å². The van der Waals surface area contributed by atoms with Crippen LogP contribution in [0.25, 0.3) is 22.7 Å². The molecule has 184 valence electrons. The zero-order valence-electron chi connectivity index (χ0n) is 20.5. The molecule has 0 aliphatic heterocycles. The number of benzene rings is 1. The van der Waals surface area contributed by atoms with E-state index < -0.39 is 12.3 Å². The summed E-state index contributed by atoms with van der Waals surface area (Å²) in [4.78, 5) is 9.40. The van der Waals surface area contributed by atoms with Crippen LogP contribution in [-0.4, -0.2) is 39.6 Å². The van der Waals surface area contributed by atoms with E-state index in [9.17, 15) is 9.50 Å². The summed E-state index contributed by atoms with van der Waals surface area (Å²) in [6, 6.07) is 15.0. The largest absolute Gasteiger partial charge is 0.389 e. The summed E-state index contributed by atoms with van der Waals surface area (Å²) in [5.74, 6) is 1.71. The van der Waals surface area contributed by atoms with Gasteiger partial charge < -0.3 is 10.4 Å². The summed E-state index contributed by atoms with van der Waals surface area (Å²) in [5.41, 5.74) is 5.05. The normalized spacial score (nSPS) is 13.2. The molecule has 2 atom stereocenters. The molecule has 9 nitrogen and oxygen atoms in total. The number of aliphatic hydroxyl groups is 1. The number of anilines is 2. The number of hydrogen-bond acceptors (Lipinski definition) is 7. The van der Waals surface area contributed by atoms with E-state index in [-0.39, 0.29) is 0 Å². The molecule has 0 aliphatic rings. The van der Waals surface area contributed by atoms with Crippen molar-refractivity contribution in [3.05, 3.63) is 77.5 Å². The summed E-state index contributed by atoms with van der Waals surface area (Å²) in [6.45, 7) is 6.99. The molecule has 4 aromatic heterocycles. The van der Waals surface area contributed by atoms with Crippen molar-refractivity contribution < 1.29 is 9.50 Å². The van der Waals surface area contributed by atoms with Crippen molar-refractivity contribution in [1.82, 2.24) is 34.5 Å². The fourth-order valence-electron chi connectivity index (χ4n) is 4.04. The Kier molecular flexibility index (Phi) is 6.19. The van der Waals surface area contributed by atoms with Gasteiger partial charge in [0, 0.05) is 16.9 Å². The predicted octanol–water partition coefficient (Wildman–Crippen LogP) is 5.09. The first-order chi connectivity index (χ1) is 17.3. The SMILES string of the molecule is CCc1cc(C(C)F)nn1-c1nc(-n2cnc3cc(Nc4ccc(C)nn4)ccc32)ccc1C(C)O. The standard InChI is InChI=1S/C26H27FN8O/c1-5-19-13-21(16(3)27)33-35(19)26-20(17(4)36)8-11-25(30-26)34-14-28-22-12-18(7-9-23(22)34)29-24-10-6-15(2)31-32-24/h6-14,16-17,36H,5H2,1-4H3,(H,29,32). The average molecular weight is 487 g/mol. The topological polar surface area (TPSA) is 107 Å². The van der Waals surface area contributed by atoms with E-state index in [1.807, 2.05) is 60.9 Å². The van der Waals surface area contributed by atoms with Gasteiger partial charge in [0.1, 0.15) is 18.3 Å². The molecule has 2 N–H and O–H groups in total. The van der Waals surface area contributed by atoms with Gasteiger partial charge in [-0.15, -0.1) is 5.10 Å². The first-order valence-electron chi connectivity index (χ1n) is 11.8. The van der Waals surface area contributed by atoms with Crippen LogP contribution in [0.3, 0.4) is 0 Å². The number of aromatic nitrogens is 7. The van der Waals surface area contributed by atoms with Crippen LogP contribution in [0.1, 0.15) is 55.7 Å². The number of halogens is 1. The van der Waals surface area contributed by atoms with E-state index >= 15 is 0 Å². The smallest absolute Gasteiger partial charge is 0.161 e. The van der Waals surface area contributed by atoms with Gasteiger partial charge in [0.15, 0.2) is 11.6 Å². The van der Waals surface area contributed by atoms with Gasteiger partial charge >= 0.3 is 0 Å². The van der Waals surface area contributed by atoms with E-state index in [1.165, 1.54) is 6.92 Å². The van der Waals surface area contributed by atoms with Crippen LogP contribution in [0.5, 0.6) is 0 Å². The first kappa shape index (κ1) is 23.6. The minimum absolute atomic E-state index is 0.335. The number of rotatable bonds is 7. The minimum Gasteiger partial charge on any atom is -0.389 e. The molecule has 10 heteroatoms. The summed E-state index contributed by atoms with van der Waals surface area (Å²) in [5, 5.41) is 26.3. The summed E-state index contributed by atoms with van der Waals surface area (Å²) in [7, 11) is 0. The van der Waals surface area contributed by atoms with E-state index in [0.29, 0.717) is 35.1 Å². The Balaban J connectivity index is 1.55. The van der Waals surface area contributed by atoms with E-state index in [1.54, 1.807) is 24.0 Å². The van der Waals surface area contributed by atoms with Crippen molar-refractivity contribution in [2.45, 2.75) is 46.4 Å². The number of imidazole rings is 1. The highest BCUT2D eigenvalue weighted by Gasteiger charge is 2.20. The molecule has 0 saturated heterocycles. The highest BCUT2D eigenvalue weighted by molar-refractivity contribution is 5.82. The van der Waals surface area contributed by atoms with E-state index in [2.05, 4.69) is 25.6 Å². The number of fused-ring (bicyclic) bond motifs is 1. The number of alkyl halides is 1.